The van der Waals surface area contributed by atoms with Crippen LogP contribution in [0.15, 0.2) is 16.5 Å². The zero-order valence-electron chi connectivity index (χ0n) is 9.21. The van der Waals surface area contributed by atoms with Gasteiger partial charge < -0.3 is 9.73 Å². The summed E-state index contributed by atoms with van der Waals surface area (Å²) in [4.78, 5) is 0. The highest BCUT2D eigenvalue weighted by molar-refractivity contribution is 5.20. The Hall–Kier alpha value is -1.27. The fourth-order valence-electron chi connectivity index (χ4n) is 2.32. The Kier molecular flexibility index (Phi) is 2.54. The van der Waals surface area contributed by atoms with Gasteiger partial charge in [-0.1, -0.05) is 6.42 Å². The van der Waals surface area contributed by atoms with Crippen molar-refractivity contribution in [1.82, 2.24) is 5.32 Å². The molecule has 15 heavy (non-hydrogen) atoms. The highest BCUT2D eigenvalue weighted by atomic mass is 16.3. The van der Waals surface area contributed by atoms with Gasteiger partial charge in [0.1, 0.15) is 11.5 Å². The van der Waals surface area contributed by atoms with Gasteiger partial charge in [0, 0.05) is 0 Å². The molecule has 1 atom stereocenters. The summed E-state index contributed by atoms with van der Waals surface area (Å²) < 4.78 is 5.61. The van der Waals surface area contributed by atoms with Crippen molar-refractivity contribution >= 4 is 0 Å². The standard InChI is InChI=1S/C12H16N2O/c1-9-4-5-10(15-9)11(14-2)12(8-13)6-3-7-12/h4-5,11,14H,3,6-7H2,1-2H3. The van der Waals surface area contributed by atoms with Crippen LogP contribution in [0.25, 0.3) is 0 Å². The van der Waals surface area contributed by atoms with Crippen LogP contribution in [0.5, 0.6) is 0 Å². The fraction of sp³-hybridized carbons (Fsp3) is 0.583. The van der Waals surface area contributed by atoms with Gasteiger partial charge in [-0.25, -0.2) is 0 Å². The lowest BCUT2D eigenvalue weighted by atomic mass is 9.64. The molecule has 1 aromatic heterocycles. The third-order valence-corrected chi connectivity index (χ3v) is 3.36. The van der Waals surface area contributed by atoms with E-state index < -0.39 is 0 Å². The second-order valence-electron chi connectivity index (χ2n) is 4.29. The molecule has 0 amide bonds. The molecule has 1 unspecified atom stereocenters. The normalized spacial score (nSPS) is 20.3. The number of furan rings is 1. The van der Waals surface area contributed by atoms with E-state index in [-0.39, 0.29) is 11.5 Å². The van der Waals surface area contributed by atoms with Crippen LogP contribution in [0.1, 0.15) is 36.8 Å². The topological polar surface area (TPSA) is 49.0 Å². The molecule has 1 fully saturated rings. The van der Waals surface area contributed by atoms with E-state index in [0.717, 1.165) is 30.8 Å². The molecular formula is C12H16N2O. The summed E-state index contributed by atoms with van der Waals surface area (Å²) in [5.74, 6) is 1.79. The second-order valence-corrected chi connectivity index (χ2v) is 4.29. The van der Waals surface area contributed by atoms with Crippen molar-refractivity contribution in [3.8, 4) is 6.07 Å². The molecule has 1 aromatic rings. The van der Waals surface area contributed by atoms with Gasteiger partial charge in [0.05, 0.1) is 17.5 Å². The number of nitrogens with zero attached hydrogens (tertiary/aromatic N) is 1. The van der Waals surface area contributed by atoms with Crippen LogP contribution < -0.4 is 5.32 Å². The Balaban J connectivity index is 2.28. The minimum absolute atomic E-state index is 0.0324. The summed E-state index contributed by atoms with van der Waals surface area (Å²) in [5, 5.41) is 12.5. The van der Waals surface area contributed by atoms with Gasteiger partial charge in [0.25, 0.3) is 0 Å². The van der Waals surface area contributed by atoms with Gasteiger partial charge >= 0.3 is 0 Å². The monoisotopic (exact) mass is 204 g/mol. The molecule has 80 valence electrons. The summed E-state index contributed by atoms with van der Waals surface area (Å²) in [7, 11) is 1.89. The lowest BCUT2D eigenvalue weighted by Crippen LogP contribution is -2.40. The van der Waals surface area contributed by atoms with Crippen molar-refractivity contribution in [2.45, 2.75) is 32.2 Å². The molecule has 2 rings (SSSR count). The minimum Gasteiger partial charge on any atom is -0.465 e. The molecule has 0 spiro atoms. The van der Waals surface area contributed by atoms with E-state index in [1.54, 1.807) is 0 Å². The van der Waals surface area contributed by atoms with E-state index in [1.165, 1.54) is 0 Å². The predicted octanol–water partition coefficient (Wildman–Crippen LogP) is 2.54. The minimum atomic E-state index is -0.251. The molecule has 1 N–H and O–H groups in total. The third kappa shape index (κ3) is 1.55. The maximum atomic E-state index is 9.27. The van der Waals surface area contributed by atoms with E-state index >= 15 is 0 Å². The fourth-order valence-corrected chi connectivity index (χ4v) is 2.32. The van der Waals surface area contributed by atoms with E-state index in [1.807, 2.05) is 26.1 Å². The quantitative estimate of drug-likeness (QED) is 0.823. The van der Waals surface area contributed by atoms with Crippen LogP contribution in [-0.2, 0) is 0 Å². The number of hydrogen-bond acceptors (Lipinski definition) is 3. The van der Waals surface area contributed by atoms with Crippen LogP contribution in [0.2, 0.25) is 0 Å². The molecule has 0 saturated heterocycles. The summed E-state index contributed by atoms with van der Waals surface area (Å²) in [6, 6.07) is 6.40. The number of nitrogens with one attached hydrogen (secondary N) is 1. The maximum absolute atomic E-state index is 9.27. The number of rotatable bonds is 3. The lowest BCUT2D eigenvalue weighted by molar-refractivity contribution is 0.132. The molecule has 3 heteroatoms. The van der Waals surface area contributed by atoms with Crippen LogP contribution in [0.4, 0.5) is 0 Å². The summed E-state index contributed by atoms with van der Waals surface area (Å²) in [6.07, 6.45) is 3.08. The first kappa shape index (κ1) is 10.3. The molecule has 1 heterocycles. The van der Waals surface area contributed by atoms with Gasteiger partial charge in [0.15, 0.2) is 0 Å². The van der Waals surface area contributed by atoms with Crippen molar-refractivity contribution < 1.29 is 4.42 Å². The number of hydrogen-bond donors (Lipinski definition) is 1. The SMILES string of the molecule is CNC(c1ccc(C)o1)C1(C#N)CCC1. The Labute approximate surface area is 90.1 Å². The van der Waals surface area contributed by atoms with E-state index in [2.05, 4.69) is 11.4 Å². The second kappa shape index (κ2) is 3.71. The van der Waals surface area contributed by atoms with E-state index in [0.29, 0.717) is 0 Å². The largest absolute Gasteiger partial charge is 0.465 e. The predicted molar refractivity (Wildman–Crippen MR) is 57.1 cm³/mol. The number of nitriles is 1. The van der Waals surface area contributed by atoms with Gasteiger partial charge in [-0.2, -0.15) is 5.26 Å². The average molecular weight is 204 g/mol. The Morgan fingerprint density at radius 1 is 1.53 bits per heavy atom. The molecule has 0 bridgehead atoms. The van der Waals surface area contributed by atoms with E-state index in [9.17, 15) is 5.26 Å². The maximum Gasteiger partial charge on any atom is 0.122 e. The first-order valence-electron chi connectivity index (χ1n) is 5.37. The Bertz CT molecular complexity index is 385. The van der Waals surface area contributed by atoms with Gasteiger partial charge in [-0.05, 0) is 38.9 Å². The van der Waals surface area contributed by atoms with Crippen molar-refractivity contribution in [1.29, 1.82) is 5.26 Å². The van der Waals surface area contributed by atoms with Crippen molar-refractivity contribution in [3.05, 3.63) is 23.7 Å². The molecule has 1 aliphatic rings. The smallest absolute Gasteiger partial charge is 0.122 e. The molecule has 0 aliphatic heterocycles. The summed E-state index contributed by atoms with van der Waals surface area (Å²) in [6.45, 7) is 1.93. The number of aryl methyl sites for hydroxylation is 1. The Morgan fingerprint density at radius 2 is 2.27 bits per heavy atom. The van der Waals surface area contributed by atoms with Crippen molar-refractivity contribution in [3.63, 3.8) is 0 Å². The molecular weight excluding hydrogens is 188 g/mol. The third-order valence-electron chi connectivity index (χ3n) is 3.36. The molecule has 0 aromatic carbocycles. The van der Waals surface area contributed by atoms with E-state index in [4.69, 9.17) is 4.42 Å². The van der Waals surface area contributed by atoms with Crippen molar-refractivity contribution in [2.24, 2.45) is 5.41 Å². The van der Waals surface area contributed by atoms with Crippen molar-refractivity contribution in [2.75, 3.05) is 7.05 Å². The highest BCUT2D eigenvalue weighted by Crippen LogP contribution is 2.49. The molecule has 3 nitrogen and oxygen atoms in total. The van der Waals surface area contributed by atoms with Gasteiger partial charge in [-0.15, -0.1) is 0 Å². The summed E-state index contributed by atoms with van der Waals surface area (Å²) in [5.41, 5.74) is -0.251. The van der Waals surface area contributed by atoms with Gasteiger partial charge in [-0.3, -0.25) is 0 Å². The highest BCUT2D eigenvalue weighted by Gasteiger charge is 2.46. The zero-order chi connectivity index (χ0) is 10.9. The van der Waals surface area contributed by atoms with Crippen LogP contribution in [0, 0.1) is 23.7 Å². The zero-order valence-corrected chi connectivity index (χ0v) is 9.21. The lowest BCUT2D eigenvalue weighted by Gasteiger charge is -2.40. The molecule has 1 saturated carbocycles. The first-order valence-corrected chi connectivity index (χ1v) is 5.37. The molecule has 1 aliphatic carbocycles. The van der Waals surface area contributed by atoms with Gasteiger partial charge in [0.2, 0.25) is 0 Å². The van der Waals surface area contributed by atoms with Crippen LogP contribution in [-0.4, -0.2) is 7.05 Å². The molecule has 0 radical (unpaired) electrons. The van der Waals surface area contributed by atoms with Crippen LogP contribution in [0.3, 0.4) is 0 Å². The summed E-state index contributed by atoms with van der Waals surface area (Å²) >= 11 is 0. The van der Waals surface area contributed by atoms with Crippen LogP contribution >= 0.6 is 0 Å². The first-order chi connectivity index (χ1) is 7.22. The average Bonchev–Trinajstić information content (AvgIpc) is 2.58. The Morgan fingerprint density at radius 3 is 2.60 bits per heavy atom.